The zero-order valence-corrected chi connectivity index (χ0v) is 14.9. The van der Waals surface area contributed by atoms with Gasteiger partial charge in [0.05, 0.1) is 12.0 Å². The Bertz CT molecular complexity index is 850. The number of ether oxygens (including phenoxy) is 3. The second-order valence-corrected chi connectivity index (χ2v) is 5.62. The maximum atomic E-state index is 12.0. The second-order valence-electron chi connectivity index (χ2n) is 5.18. The molecule has 26 heavy (non-hydrogen) atoms. The number of benzene rings is 2. The van der Waals surface area contributed by atoms with E-state index < -0.39 is 10.9 Å². The van der Waals surface area contributed by atoms with Crippen molar-refractivity contribution in [3.63, 3.8) is 0 Å². The molecule has 0 aliphatic carbocycles. The highest BCUT2D eigenvalue weighted by molar-refractivity contribution is 6.30. The molecular formula is C18H16ClNO6. The first kappa shape index (κ1) is 19.3. The molecule has 136 valence electrons. The number of nitrogens with zero attached hydrogens (tertiary/aromatic N) is 1. The lowest BCUT2D eigenvalue weighted by Crippen LogP contribution is -2.18. The third-order valence-electron chi connectivity index (χ3n) is 3.28. The van der Waals surface area contributed by atoms with Gasteiger partial charge in [-0.25, -0.2) is 4.79 Å². The summed E-state index contributed by atoms with van der Waals surface area (Å²) in [6.45, 7) is 1.52. The predicted octanol–water partition coefficient (Wildman–Crippen LogP) is 3.89. The number of aryl methyl sites for hydroxylation is 1. The summed E-state index contributed by atoms with van der Waals surface area (Å²) >= 11 is 5.87. The zero-order valence-electron chi connectivity index (χ0n) is 14.1. The number of halogens is 1. The van der Waals surface area contributed by atoms with Crippen molar-refractivity contribution in [2.24, 2.45) is 0 Å². The number of carbonyl (C=O) groups is 1. The molecule has 2 rings (SSSR count). The lowest BCUT2D eigenvalue weighted by atomic mass is 10.2. The van der Waals surface area contributed by atoms with Gasteiger partial charge in [-0.3, -0.25) is 10.1 Å². The van der Waals surface area contributed by atoms with Crippen molar-refractivity contribution >= 4 is 23.6 Å². The van der Waals surface area contributed by atoms with Gasteiger partial charge in [0.25, 0.3) is 0 Å². The van der Waals surface area contributed by atoms with E-state index in [1.165, 1.54) is 25.3 Å². The monoisotopic (exact) mass is 377 g/mol. The molecule has 0 aromatic heterocycles. The lowest BCUT2D eigenvalue weighted by Gasteiger charge is -2.11. The van der Waals surface area contributed by atoms with Crippen molar-refractivity contribution in [1.82, 2.24) is 0 Å². The largest absolute Gasteiger partial charge is 0.493 e. The van der Waals surface area contributed by atoms with Crippen LogP contribution in [0.5, 0.6) is 17.2 Å². The van der Waals surface area contributed by atoms with Crippen LogP contribution in [0.1, 0.15) is 11.1 Å². The van der Waals surface area contributed by atoms with E-state index in [1.807, 2.05) is 6.92 Å². The van der Waals surface area contributed by atoms with Crippen LogP contribution in [0.15, 0.2) is 42.6 Å². The van der Waals surface area contributed by atoms with Gasteiger partial charge in [-0.1, -0.05) is 17.7 Å². The van der Waals surface area contributed by atoms with Gasteiger partial charge in [-0.15, -0.1) is 0 Å². The first-order chi connectivity index (χ1) is 12.4. The van der Waals surface area contributed by atoms with E-state index in [1.54, 1.807) is 24.3 Å². The third kappa shape index (κ3) is 5.49. The van der Waals surface area contributed by atoms with Gasteiger partial charge in [0, 0.05) is 11.1 Å². The highest BCUT2D eigenvalue weighted by atomic mass is 35.5. The molecule has 0 heterocycles. The Balaban J connectivity index is 2.02. The summed E-state index contributed by atoms with van der Waals surface area (Å²) < 4.78 is 15.8. The fraction of sp³-hybridized carbons (Fsp3) is 0.167. The molecule has 0 aliphatic heterocycles. The maximum Gasteiger partial charge on any atom is 0.349 e. The molecule has 0 atom stereocenters. The quantitative estimate of drug-likeness (QED) is 0.315. The van der Waals surface area contributed by atoms with Crippen LogP contribution in [0.4, 0.5) is 0 Å². The molecule has 7 nitrogen and oxygen atoms in total. The molecule has 0 saturated carbocycles. The van der Waals surface area contributed by atoms with Crippen LogP contribution >= 0.6 is 11.6 Å². The van der Waals surface area contributed by atoms with Crippen LogP contribution in [0.3, 0.4) is 0 Å². The van der Waals surface area contributed by atoms with E-state index in [9.17, 15) is 14.9 Å². The summed E-state index contributed by atoms with van der Waals surface area (Å²) in [4.78, 5) is 21.8. The Hall–Kier alpha value is -3.06. The molecule has 2 aromatic carbocycles. The maximum absolute atomic E-state index is 12.0. The van der Waals surface area contributed by atoms with Crippen LogP contribution in [0.2, 0.25) is 5.02 Å². The van der Waals surface area contributed by atoms with Crippen molar-refractivity contribution in [2.75, 3.05) is 13.7 Å². The standard InChI is InChI=1S/C18H16ClNO6/c1-12-9-14(19)4-6-15(12)25-11-18(21)26-16-5-3-13(7-8-20(22)23)10-17(16)24-2/h3-10H,11H2,1-2H3/b8-7+. The van der Waals surface area contributed by atoms with Gasteiger partial charge in [0.1, 0.15) is 5.75 Å². The Kier molecular flexibility index (Phi) is 6.57. The molecule has 0 amide bonds. The van der Waals surface area contributed by atoms with E-state index in [0.717, 1.165) is 11.8 Å². The van der Waals surface area contributed by atoms with Gasteiger partial charge in [-0.05, 0) is 48.4 Å². The molecule has 0 N–H and O–H groups in total. The average molecular weight is 378 g/mol. The number of nitro groups is 1. The first-order valence-electron chi connectivity index (χ1n) is 7.48. The molecule has 0 aliphatic rings. The SMILES string of the molecule is COc1cc(/C=C/[N+](=O)[O-])ccc1OC(=O)COc1ccc(Cl)cc1C. The normalized spacial score (nSPS) is 10.6. The van der Waals surface area contributed by atoms with Crippen LogP contribution in [-0.4, -0.2) is 24.6 Å². The van der Waals surface area contributed by atoms with Crippen molar-refractivity contribution in [1.29, 1.82) is 0 Å². The van der Waals surface area contributed by atoms with Gasteiger partial charge >= 0.3 is 5.97 Å². The van der Waals surface area contributed by atoms with E-state index in [4.69, 9.17) is 25.8 Å². The summed E-state index contributed by atoms with van der Waals surface area (Å²) in [5.41, 5.74) is 1.33. The van der Waals surface area contributed by atoms with Crippen LogP contribution in [0.25, 0.3) is 6.08 Å². The minimum atomic E-state index is -0.619. The van der Waals surface area contributed by atoms with Crippen molar-refractivity contribution in [2.45, 2.75) is 6.92 Å². The third-order valence-corrected chi connectivity index (χ3v) is 3.52. The van der Waals surface area contributed by atoms with E-state index in [-0.39, 0.29) is 18.1 Å². The Morgan fingerprint density at radius 1 is 1.19 bits per heavy atom. The second kappa shape index (κ2) is 8.87. The zero-order chi connectivity index (χ0) is 19.1. The van der Waals surface area contributed by atoms with Crippen molar-refractivity contribution in [3.05, 3.63) is 68.9 Å². The molecular weight excluding hydrogens is 362 g/mol. The van der Waals surface area contributed by atoms with Crippen molar-refractivity contribution < 1.29 is 23.9 Å². The lowest BCUT2D eigenvalue weighted by molar-refractivity contribution is -0.400. The fourth-order valence-electron chi connectivity index (χ4n) is 2.08. The van der Waals surface area contributed by atoms with Gasteiger partial charge in [0.2, 0.25) is 6.20 Å². The Morgan fingerprint density at radius 3 is 2.58 bits per heavy atom. The molecule has 0 spiro atoms. The Labute approximate surface area is 154 Å². The van der Waals surface area contributed by atoms with E-state index in [0.29, 0.717) is 16.3 Å². The number of hydrogen-bond acceptors (Lipinski definition) is 6. The number of carbonyl (C=O) groups excluding carboxylic acids is 1. The molecule has 0 unspecified atom stereocenters. The summed E-state index contributed by atoms with van der Waals surface area (Å²) in [7, 11) is 1.40. The number of hydrogen-bond donors (Lipinski definition) is 0. The van der Waals surface area contributed by atoms with Crippen LogP contribution < -0.4 is 14.2 Å². The van der Waals surface area contributed by atoms with Gasteiger partial charge in [-0.2, -0.15) is 0 Å². The number of rotatable bonds is 7. The topological polar surface area (TPSA) is 87.9 Å². The molecule has 0 fully saturated rings. The highest BCUT2D eigenvalue weighted by Gasteiger charge is 2.12. The molecule has 8 heteroatoms. The van der Waals surface area contributed by atoms with Gasteiger partial charge in [0.15, 0.2) is 18.1 Å². The van der Waals surface area contributed by atoms with Gasteiger partial charge < -0.3 is 14.2 Å². The highest BCUT2D eigenvalue weighted by Crippen LogP contribution is 2.29. The van der Waals surface area contributed by atoms with Crippen LogP contribution in [0, 0.1) is 17.0 Å². The minimum Gasteiger partial charge on any atom is -0.493 e. The van der Waals surface area contributed by atoms with E-state index >= 15 is 0 Å². The fourth-order valence-corrected chi connectivity index (χ4v) is 2.31. The predicted molar refractivity (Wildman–Crippen MR) is 96.3 cm³/mol. The summed E-state index contributed by atoms with van der Waals surface area (Å²) in [6.07, 6.45) is 2.11. The number of methoxy groups -OCH3 is 1. The van der Waals surface area contributed by atoms with Crippen LogP contribution in [-0.2, 0) is 4.79 Å². The molecule has 2 aromatic rings. The smallest absolute Gasteiger partial charge is 0.349 e. The van der Waals surface area contributed by atoms with Crippen molar-refractivity contribution in [3.8, 4) is 17.2 Å². The summed E-state index contributed by atoms with van der Waals surface area (Å²) in [5, 5.41) is 10.9. The molecule has 0 bridgehead atoms. The summed E-state index contributed by atoms with van der Waals surface area (Å²) in [5.74, 6) is 0.364. The Morgan fingerprint density at radius 2 is 1.92 bits per heavy atom. The molecule has 0 radical (unpaired) electrons. The van der Waals surface area contributed by atoms with E-state index in [2.05, 4.69) is 0 Å². The number of esters is 1. The first-order valence-corrected chi connectivity index (χ1v) is 7.86. The minimum absolute atomic E-state index is 0.187. The molecule has 0 saturated heterocycles. The average Bonchev–Trinajstić information content (AvgIpc) is 2.60. The summed E-state index contributed by atoms with van der Waals surface area (Å²) in [6, 6.07) is 9.63.